The Morgan fingerprint density at radius 3 is 2.15 bits per heavy atom. The number of nitrogens with zero attached hydrogens (tertiary/aromatic N) is 3. The van der Waals surface area contributed by atoms with Gasteiger partial charge in [-0.1, -0.05) is 107 Å². The average molecular weight is 569 g/mol. The van der Waals surface area contributed by atoms with Crippen molar-refractivity contribution in [3.05, 3.63) is 138 Å². The van der Waals surface area contributed by atoms with Crippen LogP contribution in [-0.2, 0) is 0 Å². The zero-order valence-electron chi connectivity index (χ0n) is 21.6. The molecule has 39 heavy (non-hydrogen) atoms. The first-order valence-corrected chi connectivity index (χ1v) is 13.7. The van der Waals surface area contributed by atoms with Crippen molar-refractivity contribution < 1.29 is 0 Å². The largest absolute Gasteiger partial charge is 0.309 e. The number of hydrogen-bond acceptors (Lipinski definition) is 2. The molecule has 0 aliphatic heterocycles. The van der Waals surface area contributed by atoms with Crippen LogP contribution >= 0.6 is 15.9 Å². The van der Waals surface area contributed by atoms with Crippen molar-refractivity contribution in [2.75, 3.05) is 0 Å². The average Bonchev–Trinajstić information content (AvgIpc) is 3.31. The van der Waals surface area contributed by atoms with Crippen LogP contribution in [0, 0.1) is 0 Å². The third-order valence-electron chi connectivity index (χ3n) is 6.78. The summed E-state index contributed by atoms with van der Waals surface area (Å²) in [5.41, 5.74) is 9.23. The fraction of sp³-hybridized carbons (Fsp3) is 0.0286. The van der Waals surface area contributed by atoms with E-state index in [-0.39, 0.29) is 0 Å². The molecule has 0 saturated carbocycles. The SMILES string of the molecule is C=Cc1c(/C=C\C)n(-c2cccc(-c3cc(-c4ccc(Br)cc4)nc(-c4ccccc4)n3)c2)c2ccccc12. The molecule has 2 heterocycles. The Morgan fingerprint density at radius 2 is 1.41 bits per heavy atom. The van der Waals surface area contributed by atoms with Crippen LogP contribution in [0.25, 0.3) is 62.6 Å². The molecular formula is C35H26BrN3. The molecule has 0 radical (unpaired) electrons. The number of benzene rings is 4. The predicted molar refractivity (Wildman–Crippen MR) is 168 cm³/mol. The van der Waals surface area contributed by atoms with Crippen LogP contribution in [0.3, 0.4) is 0 Å². The Labute approximate surface area is 237 Å². The summed E-state index contributed by atoms with van der Waals surface area (Å²) >= 11 is 3.55. The number of fused-ring (bicyclic) bond motifs is 1. The van der Waals surface area contributed by atoms with Gasteiger partial charge in [-0.15, -0.1) is 0 Å². The topological polar surface area (TPSA) is 30.7 Å². The van der Waals surface area contributed by atoms with Crippen LogP contribution < -0.4 is 0 Å². The van der Waals surface area contributed by atoms with Gasteiger partial charge in [0.1, 0.15) is 0 Å². The Hall–Kier alpha value is -4.54. The molecule has 0 atom stereocenters. The van der Waals surface area contributed by atoms with Gasteiger partial charge in [0, 0.05) is 37.8 Å². The third kappa shape index (κ3) is 4.75. The first kappa shape index (κ1) is 24.8. The van der Waals surface area contributed by atoms with Gasteiger partial charge in [-0.3, -0.25) is 0 Å². The van der Waals surface area contributed by atoms with E-state index in [9.17, 15) is 0 Å². The molecule has 6 rings (SSSR count). The van der Waals surface area contributed by atoms with Crippen molar-refractivity contribution in [2.24, 2.45) is 0 Å². The van der Waals surface area contributed by atoms with Crippen molar-refractivity contribution in [1.82, 2.24) is 14.5 Å². The Kier molecular flexibility index (Phi) is 6.78. The molecule has 0 aliphatic carbocycles. The third-order valence-corrected chi connectivity index (χ3v) is 7.31. The summed E-state index contributed by atoms with van der Waals surface area (Å²) in [4.78, 5) is 9.99. The number of allylic oxidation sites excluding steroid dienone is 1. The van der Waals surface area contributed by atoms with E-state index < -0.39 is 0 Å². The van der Waals surface area contributed by atoms with Gasteiger partial charge in [0.2, 0.25) is 0 Å². The van der Waals surface area contributed by atoms with Gasteiger partial charge in [-0.05, 0) is 49.4 Å². The smallest absolute Gasteiger partial charge is 0.160 e. The highest BCUT2D eigenvalue weighted by Crippen LogP contribution is 2.34. The molecule has 4 heteroatoms. The molecule has 188 valence electrons. The maximum Gasteiger partial charge on any atom is 0.160 e. The molecule has 0 spiro atoms. The van der Waals surface area contributed by atoms with Crippen molar-refractivity contribution in [3.63, 3.8) is 0 Å². The lowest BCUT2D eigenvalue weighted by Crippen LogP contribution is -1.99. The minimum absolute atomic E-state index is 0.700. The highest BCUT2D eigenvalue weighted by Gasteiger charge is 2.16. The van der Waals surface area contributed by atoms with Gasteiger partial charge in [0.05, 0.1) is 22.6 Å². The summed E-state index contributed by atoms with van der Waals surface area (Å²) in [6.45, 7) is 6.15. The van der Waals surface area contributed by atoms with Gasteiger partial charge < -0.3 is 4.57 Å². The second-order valence-electron chi connectivity index (χ2n) is 9.24. The summed E-state index contributed by atoms with van der Waals surface area (Å²) in [5, 5.41) is 1.18. The van der Waals surface area contributed by atoms with Gasteiger partial charge in [0.15, 0.2) is 5.82 Å². The molecule has 2 aromatic heterocycles. The van der Waals surface area contributed by atoms with Crippen molar-refractivity contribution in [1.29, 1.82) is 0 Å². The van der Waals surface area contributed by atoms with Crippen LogP contribution in [0.5, 0.6) is 0 Å². The molecule has 3 nitrogen and oxygen atoms in total. The van der Waals surface area contributed by atoms with E-state index in [0.717, 1.165) is 55.0 Å². The molecular weight excluding hydrogens is 542 g/mol. The van der Waals surface area contributed by atoms with Crippen LogP contribution in [0.4, 0.5) is 0 Å². The highest BCUT2D eigenvalue weighted by atomic mass is 79.9. The summed E-state index contributed by atoms with van der Waals surface area (Å²) in [6.07, 6.45) is 6.16. The monoisotopic (exact) mass is 567 g/mol. The van der Waals surface area contributed by atoms with E-state index in [1.54, 1.807) is 0 Å². The quantitative estimate of drug-likeness (QED) is 0.200. The number of halogens is 1. The molecule has 0 fully saturated rings. The van der Waals surface area contributed by atoms with E-state index >= 15 is 0 Å². The second kappa shape index (κ2) is 10.7. The fourth-order valence-corrected chi connectivity index (χ4v) is 5.25. The van der Waals surface area contributed by atoms with Crippen LogP contribution in [-0.4, -0.2) is 14.5 Å². The standard InChI is InChI=1S/C35H26BrN3/c1-3-11-33-29(4-2)30-16-8-9-17-34(30)39(33)28-15-10-14-26(22-28)32-23-31(24-18-20-27(36)21-19-24)37-35(38-32)25-12-6-5-7-13-25/h3-23H,2H2,1H3/b11-3-. The molecule has 0 amide bonds. The zero-order valence-corrected chi connectivity index (χ0v) is 23.1. The normalized spacial score (nSPS) is 11.3. The van der Waals surface area contributed by atoms with Crippen molar-refractivity contribution in [2.45, 2.75) is 6.92 Å². The van der Waals surface area contributed by atoms with Crippen molar-refractivity contribution >= 4 is 39.0 Å². The summed E-state index contributed by atoms with van der Waals surface area (Å²) in [6, 6.07) is 37.5. The van der Waals surface area contributed by atoms with E-state index in [0.29, 0.717) is 5.82 Å². The fourth-order valence-electron chi connectivity index (χ4n) is 4.98. The maximum atomic E-state index is 5.03. The van der Waals surface area contributed by atoms with Gasteiger partial charge >= 0.3 is 0 Å². The van der Waals surface area contributed by atoms with E-state index in [1.165, 1.54) is 5.39 Å². The lowest BCUT2D eigenvalue weighted by Gasteiger charge is -2.13. The van der Waals surface area contributed by atoms with Crippen LogP contribution in [0.2, 0.25) is 0 Å². The molecule has 0 bridgehead atoms. The molecule has 6 aromatic rings. The van der Waals surface area contributed by atoms with E-state index in [1.807, 2.05) is 55.5 Å². The summed E-state index contributed by atoms with van der Waals surface area (Å²) < 4.78 is 3.33. The second-order valence-corrected chi connectivity index (χ2v) is 10.2. The van der Waals surface area contributed by atoms with Gasteiger partial charge in [-0.2, -0.15) is 0 Å². The predicted octanol–water partition coefficient (Wildman–Crippen LogP) is 9.86. The molecule has 0 unspecified atom stereocenters. The Bertz CT molecular complexity index is 1830. The number of aromatic nitrogens is 3. The lowest BCUT2D eigenvalue weighted by atomic mass is 10.1. The van der Waals surface area contributed by atoms with Crippen LogP contribution in [0.15, 0.2) is 126 Å². The van der Waals surface area contributed by atoms with E-state index in [2.05, 4.69) is 106 Å². The van der Waals surface area contributed by atoms with Gasteiger partial charge in [-0.25, -0.2) is 9.97 Å². The number of para-hydroxylation sites is 1. The first-order valence-electron chi connectivity index (χ1n) is 12.9. The number of hydrogen-bond donors (Lipinski definition) is 0. The lowest BCUT2D eigenvalue weighted by molar-refractivity contribution is 1.10. The summed E-state index contributed by atoms with van der Waals surface area (Å²) in [5.74, 6) is 0.700. The minimum atomic E-state index is 0.700. The minimum Gasteiger partial charge on any atom is -0.309 e. The van der Waals surface area contributed by atoms with Crippen LogP contribution in [0.1, 0.15) is 18.2 Å². The van der Waals surface area contributed by atoms with Crippen molar-refractivity contribution in [3.8, 4) is 39.6 Å². The Morgan fingerprint density at radius 1 is 0.718 bits per heavy atom. The number of rotatable bonds is 6. The molecule has 0 N–H and O–H groups in total. The zero-order chi connectivity index (χ0) is 26.8. The maximum absolute atomic E-state index is 5.03. The molecule has 0 saturated heterocycles. The molecule has 4 aromatic carbocycles. The summed E-state index contributed by atoms with van der Waals surface area (Å²) in [7, 11) is 0. The molecule has 0 aliphatic rings. The Balaban J connectivity index is 1.56. The van der Waals surface area contributed by atoms with Gasteiger partial charge in [0.25, 0.3) is 0 Å². The first-order chi connectivity index (χ1) is 19.2. The highest BCUT2D eigenvalue weighted by molar-refractivity contribution is 9.10. The van der Waals surface area contributed by atoms with E-state index in [4.69, 9.17) is 9.97 Å².